The van der Waals surface area contributed by atoms with Crippen LogP contribution in [0.5, 0.6) is 0 Å². The first-order valence-electron chi connectivity index (χ1n) is 10.9. The minimum Gasteiger partial charge on any atom is -0.430 e. The van der Waals surface area contributed by atoms with Crippen molar-refractivity contribution in [3.8, 4) is 0 Å². The Morgan fingerprint density at radius 1 is 1.03 bits per heavy atom. The van der Waals surface area contributed by atoms with Crippen molar-refractivity contribution < 1.29 is 24.2 Å². The lowest BCUT2D eigenvalue weighted by Crippen LogP contribution is -2.49. The van der Waals surface area contributed by atoms with Gasteiger partial charge in [0, 0.05) is 18.1 Å². The second-order valence-corrected chi connectivity index (χ2v) is 7.71. The fraction of sp³-hybridized carbons (Fsp3) is 0.636. The molecule has 0 aliphatic rings. The molecule has 176 valence electrons. The lowest BCUT2D eigenvalue weighted by atomic mass is 10.1. The summed E-state index contributed by atoms with van der Waals surface area (Å²) >= 11 is 6.13. The average molecular weight is 458 g/mol. The van der Waals surface area contributed by atoms with E-state index in [1.165, 1.54) is 0 Å². The number of ether oxygens (including phenoxy) is 2. The molecule has 0 aliphatic carbocycles. The molecule has 1 aromatic carbocycles. The minimum absolute atomic E-state index is 0.295. The van der Waals surface area contributed by atoms with Crippen molar-refractivity contribution in [1.29, 1.82) is 0 Å². The molecule has 2 amide bonds. The molecule has 0 radical (unpaired) electrons. The first-order chi connectivity index (χ1) is 14.8. The number of rotatable bonds is 13. The number of hydrogen-bond donors (Lipinski definition) is 3. The van der Waals surface area contributed by atoms with Gasteiger partial charge in [0.1, 0.15) is 0 Å². The molecular formula is C22H36ClN3O5. The van der Waals surface area contributed by atoms with Crippen molar-refractivity contribution in [2.45, 2.75) is 71.9 Å². The van der Waals surface area contributed by atoms with E-state index in [0.717, 1.165) is 25.7 Å². The van der Waals surface area contributed by atoms with E-state index in [9.17, 15) is 14.7 Å². The first-order valence-corrected chi connectivity index (χ1v) is 11.2. The largest absolute Gasteiger partial charge is 0.430 e. The van der Waals surface area contributed by atoms with E-state index in [4.69, 9.17) is 21.1 Å². The van der Waals surface area contributed by atoms with Gasteiger partial charge in [0.05, 0.1) is 12.6 Å². The highest BCUT2D eigenvalue weighted by Crippen LogP contribution is 2.28. The van der Waals surface area contributed by atoms with Gasteiger partial charge in [-0.1, -0.05) is 50.4 Å². The van der Waals surface area contributed by atoms with Crippen molar-refractivity contribution in [2.24, 2.45) is 0 Å². The molecule has 3 N–H and O–H groups in total. The Morgan fingerprint density at radius 3 is 1.97 bits per heavy atom. The smallest absolute Gasteiger partial charge is 0.408 e. The van der Waals surface area contributed by atoms with Gasteiger partial charge in [-0.2, -0.15) is 0 Å². The van der Waals surface area contributed by atoms with Crippen LogP contribution in [0.3, 0.4) is 0 Å². The van der Waals surface area contributed by atoms with Gasteiger partial charge in [0.2, 0.25) is 0 Å². The molecule has 0 heterocycles. The summed E-state index contributed by atoms with van der Waals surface area (Å²) in [6, 6.07) is 6.41. The number of aliphatic hydroxyl groups excluding tert-OH is 1. The molecule has 0 aliphatic heterocycles. The van der Waals surface area contributed by atoms with E-state index >= 15 is 0 Å². The number of unbranched alkanes of at least 4 members (excludes halogenated alkanes) is 2. The standard InChI is InChI=1S/C22H36ClN3O5/c1-5-7-12-24-21(28)30-16(3)26(17(4)31-22(29)25-13-8-6-2)20(15-27)18-10-9-11-19(23)14-18/h9-11,14,16-17,20,27H,5-8,12-13,15H2,1-4H3,(H,24,28)(H,25,29). The van der Waals surface area contributed by atoms with E-state index in [1.807, 2.05) is 19.9 Å². The Kier molecular flexibility index (Phi) is 13.0. The van der Waals surface area contributed by atoms with E-state index in [0.29, 0.717) is 23.7 Å². The van der Waals surface area contributed by atoms with Crippen LogP contribution >= 0.6 is 11.6 Å². The summed E-state index contributed by atoms with van der Waals surface area (Å²) in [6.07, 6.45) is 0.829. The summed E-state index contributed by atoms with van der Waals surface area (Å²) < 4.78 is 11.0. The molecule has 0 fully saturated rings. The number of nitrogens with zero attached hydrogens (tertiary/aromatic N) is 1. The lowest BCUT2D eigenvalue weighted by molar-refractivity contribution is -0.123. The second kappa shape index (κ2) is 14.9. The first kappa shape index (κ1) is 27.0. The number of halogens is 1. The number of alkyl carbamates (subject to hydrolysis) is 2. The summed E-state index contributed by atoms with van der Waals surface area (Å²) in [5, 5.41) is 16.1. The Morgan fingerprint density at radius 2 is 1.55 bits per heavy atom. The van der Waals surface area contributed by atoms with Crippen molar-refractivity contribution in [2.75, 3.05) is 19.7 Å². The van der Waals surface area contributed by atoms with Crippen molar-refractivity contribution >= 4 is 23.8 Å². The topological polar surface area (TPSA) is 100 Å². The number of carbonyl (C=O) groups is 2. The Balaban J connectivity index is 3.01. The molecule has 0 aromatic heterocycles. The number of amides is 2. The van der Waals surface area contributed by atoms with Crippen LogP contribution in [0.4, 0.5) is 9.59 Å². The van der Waals surface area contributed by atoms with Gasteiger partial charge in [0.15, 0.2) is 12.5 Å². The van der Waals surface area contributed by atoms with E-state index in [1.54, 1.807) is 36.9 Å². The van der Waals surface area contributed by atoms with Gasteiger partial charge in [-0.3, -0.25) is 0 Å². The summed E-state index contributed by atoms with van der Waals surface area (Å²) in [6.45, 7) is 8.11. The second-order valence-electron chi connectivity index (χ2n) is 7.27. The van der Waals surface area contributed by atoms with Gasteiger partial charge in [0.25, 0.3) is 0 Å². The maximum Gasteiger partial charge on any atom is 0.408 e. The van der Waals surface area contributed by atoms with E-state index in [2.05, 4.69) is 10.6 Å². The summed E-state index contributed by atoms with van der Waals surface area (Å²) in [7, 11) is 0. The van der Waals surface area contributed by atoms with E-state index in [-0.39, 0.29) is 6.61 Å². The highest BCUT2D eigenvalue weighted by atomic mass is 35.5. The predicted octanol–water partition coefficient (Wildman–Crippen LogP) is 4.42. The van der Waals surface area contributed by atoms with Crippen LogP contribution in [-0.4, -0.2) is 54.3 Å². The molecule has 0 saturated heterocycles. The fourth-order valence-corrected chi connectivity index (χ4v) is 3.34. The number of hydrogen-bond acceptors (Lipinski definition) is 6. The van der Waals surface area contributed by atoms with Gasteiger partial charge in [-0.05, 0) is 44.4 Å². The van der Waals surface area contributed by atoms with E-state index < -0.39 is 30.7 Å². The zero-order chi connectivity index (χ0) is 23.2. The maximum absolute atomic E-state index is 12.2. The maximum atomic E-state index is 12.2. The predicted molar refractivity (Wildman–Crippen MR) is 121 cm³/mol. The third kappa shape index (κ3) is 9.76. The Labute approximate surface area is 190 Å². The van der Waals surface area contributed by atoms with Crippen molar-refractivity contribution in [1.82, 2.24) is 15.5 Å². The third-order valence-electron chi connectivity index (χ3n) is 4.76. The van der Waals surface area contributed by atoms with Crippen LogP contribution in [0.15, 0.2) is 24.3 Å². The van der Waals surface area contributed by atoms with Crippen molar-refractivity contribution in [3.63, 3.8) is 0 Å². The van der Waals surface area contributed by atoms with Crippen LogP contribution in [0, 0.1) is 0 Å². The molecule has 3 unspecified atom stereocenters. The molecule has 9 heteroatoms. The van der Waals surface area contributed by atoms with Gasteiger partial charge >= 0.3 is 12.2 Å². The van der Waals surface area contributed by atoms with Crippen LogP contribution in [0.2, 0.25) is 5.02 Å². The highest BCUT2D eigenvalue weighted by Gasteiger charge is 2.33. The molecule has 1 aromatic rings. The molecule has 31 heavy (non-hydrogen) atoms. The number of aliphatic hydroxyl groups is 1. The molecule has 0 saturated carbocycles. The molecule has 8 nitrogen and oxygen atoms in total. The molecular weight excluding hydrogens is 422 g/mol. The van der Waals surface area contributed by atoms with Crippen LogP contribution in [0.25, 0.3) is 0 Å². The quantitative estimate of drug-likeness (QED) is 0.299. The van der Waals surface area contributed by atoms with Gasteiger partial charge < -0.3 is 25.2 Å². The van der Waals surface area contributed by atoms with Gasteiger partial charge in [-0.15, -0.1) is 0 Å². The van der Waals surface area contributed by atoms with Crippen molar-refractivity contribution in [3.05, 3.63) is 34.9 Å². The van der Waals surface area contributed by atoms with Crippen LogP contribution in [-0.2, 0) is 9.47 Å². The van der Waals surface area contributed by atoms with Gasteiger partial charge in [-0.25, -0.2) is 14.5 Å². The zero-order valence-corrected chi connectivity index (χ0v) is 19.7. The zero-order valence-electron chi connectivity index (χ0n) is 18.9. The molecule has 3 atom stereocenters. The lowest BCUT2D eigenvalue weighted by Gasteiger charge is -2.38. The summed E-state index contributed by atoms with van der Waals surface area (Å²) in [5.41, 5.74) is 0.707. The van der Waals surface area contributed by atoms with Crippen LogP contribution in [0.1, 0.15) is 65.0 Å². The normalized spacial score (nSPS) is 13.9. The molecule has 1 rings (SSSR count). The number of nitrogens with one attached hydrogen (secondary N) is 2. The monoisotopic (exact) mass is 457 g/mol. The number of benzene rings is 1. The summed E-state index contributed by atoms with van der Waals surface area (Å²) in [5.74, 6) is 0. The number of carbonyl (C=O) groups excluding carboxylic acids is 2. The summed E-state index contributed by atoms with van der Waals surface area (Å²) in [4.78, 5) is 26.0. The molecule has 0 spiro atoms. The average Bonchev–Trinajstić information content (AvgIpc) is 2.71. The fourth-order valence-electron chi connectivity index (χ4n) is 3.14. The molecule has 0 bridgehead atoms. The Hall–Kier alpha value is -2.03. The third-order valence-corrected chi connectivity index (χ3v) is 5.00. The highest BCUT2D eigenvalue weighted by molar-refractivity contribution is 6.30. The SMILES string of the molecule is CCCCNC(=O)OC(C)N(C(C)OC(=O)NCCCC)C(CO)c1cccc(Cl)c1. The minimum atomic E-state index is -0.795. The Bertz CT molecular complexity index is 646. The van der Waals surface area contributed by atoms with Crippen LogP contribution < -0.4 is 10.6 Å².